The summed E-state index contributed by atoms with van der Waals surface area (Å²) in [5.41, 5.74) is 4.11. The van der Waals surface area contributed by atoms with E-state index in [-0.39, 0.29) is 16.4 Å². The molecule has 12 heteroatoms. The number of amides is 1. The number of carbonyl (C=O) groups excluding carboxylic acids is 2. The van der Waals surface area contributed by atoms with Gasteiger partial charge in [0.2, 0.25) is 0 Å². The largest absolute Gasteiger partial charge is 0.513 e. The number of benzene rings is 3. The van der Waals surface area contributed by atoms with Gasteiger partial charge in [-0.25, -0.2) is 18.6 Å². The Kier molecular flexibility index (Phi) is 9.87. The first-order chi connectivity index (χ1) is 18.7. The van der Waals surface area contributed by atoms with Gasteiger partial charge >= 0.3 is 6.16 Å². The molecule has 0 spiro atoms. The molecule has 3 aromatic rings. The highest BCUT2D eigenvalue weighted by molar-refractivity contribution is 7.92. The third kappa shape index (κ3) is 7.71. The van der Waals surface area contributed by atoms with Crippen LogP contribution in [0.2, 0.25) is 0 Å². The number of carbonyl (C=O) groups is 2. The minimum Gasteiger partial charge on any atom is -0.494 e. The molecule has 0 aliphatic heterocycles. The van der Waals surface area contributed by atoms with E-state index in [0.717, 1.165) is 9.87 Å². The second-order valence-electron chi connectivity index (χ2n) is 8.01. The second kappa shape index (κ2) is 13.3. The fourth-order valence-corrected chi connectivity index (χ4v) is 4.77. The van der Waals surface area contributed by atoms with Crippen molar-refractivity contribution in [1.29, 1.82) is 0 Å². The molecule has 0 saturated heterocycles. The van der Waals surface area contributed by atoms with Crippen LogP contribution >= 0.6 is 0 Å². The van der Waals surface area contributed by atoms with Gasteiger partial charge < -0.3 is 18.9 Å². The summed E-state index contributed by atoms with van der Waals surface area (Å²) in [7, 11) is -1.52. The van der Waals surface area contributed by atoms with Crippen LogP contribution in [0.15, 0.2) is 76.7 Å². The number of anilines is 1. The maximum Gasteiger partial charge on any atom is 0.513 e. The molecule has 11 nitrogen and oxygen atoms in total. The van der Waals surface area contributed by atoms with E-state index in [1.165, 1.54) is 44.7 Å². The van der Waals surface area contributed by atoms with Gasteiger partial charge in [-0.1, -0.05) is 17.7 Å². The Morgan fingerprint density at radius 2 is 1.67 bits per heavy atom. The van der Waals surface area contributed by atoms with E-state index in [9.17, 15) is 18.0 Å². The molecule has 0 atom stereocenters. The number of hydrazone groups is 1. The first-order valence-corrected chi connectivity index (χ1v) is 13.2. The maximum atomic E-state index is 13.5. The fourth-order valence-electron chi connectivity index (χ4n) is 3.35. The molecule has 0 bridgehead atoms. The molecule has 0 unspecified atom stereocenters. The lowest BCUT2D eigenvalue weighted by atomic mass is 10.2. The Hall–Kier alpha value is -4.58. The molecule has 1 N–H and O–H groups in total. The molecular weight excluding hydrogens is 526 g/mol. The van der Waals surface area contributed by atoms with Crippen molar-refractivity contribution in [1.82, 2.24) is 5.43 Å². The highest BCUT2D eigenvalue weighted by Crippen LogP contribution is 2.28. The van der Waals surface area contributed by atoms with Gasteiger partial charge in [0.05, 0.1) is 37.6 Å². The minimum absolute atomic E-state index is 0.00388. The summed E-state index contributed by atoms with van der Waals surface area (Å²) in [5, 5.41) is 3.92. The van der Waals surface area contributed by atoms with Gasteiger partial charge in [-0.05, 0) is 74.0 Å². The summed E-state index contributed by atoms with van der Waals surface area (Å²) >= 11 is 0. The van der Waals surface area contributed by atoms with E-state index in [1.54, 1.807) is 42.5 Å². The standard InChI is InChI=1S/C27H29N3O8S/c1-5-37-22-11-13-23(14-12-22)39(33,34)30(21-9-6-19(2)7-10-21)18-26(31)29-28-17-20-8-15-24(25(16-20)35-3)38-27(32)36-4/h6-17H,5,18H2,1-4H3,(H,29,31)/b28-17-. The van der Waals surface area contributed by atoms with Crippen LogP contribution in [-0.2, 0) is 19.6 Å². The molecule has 0 aliphatic carbocycles. The topological polar surface area (TPSA) is 133 Å². The van der Waals surface area contributed by atoms with Gasteiger partial charge in [0.1, 0.15) is 12.3 Å². The molecule has 3 rings (SSSR count). The van der Waals surface area contributed by atoms with E-state index in [4.69, 9.17) is 14.2 Å². The van der Waals surface area contributed by atoms with Gasteiger partial charge in [0, 0.05) is 0 Å². The second-order valence-corrected chi connectivity index (χ2v) is 9.87. The number of methoxy groups -OCH3 is 2. The highest BCUT2D eigenvalue weighted by atomic mass is 32.2. The SMILES string of the molecule is CCOc1ccc(S(=O)(=O)N(CC(=O)N/N=C\c2ccc(OC(=O)OC)c(OC)c2)c2ccc(C)cc2)cc1. The van der Waals surface area contributed by atoms with Crippen molar-refractivity contribution in [3.8, 4) is 17.2 Å². The summed E-state index contributed by atoms with van der Waals surface area (Å²) in [5.74, 6) is 0.243. The Bertz CT molecular complexity index is 1420. The van der Waals surface area contributed by atoms with Crippen LogP contribution in [0.25, 0.3) is 0 Å². The summed E-state index contributed by atoms with van der Waals surface area (Å²) in [6, 6.07) is 17.3. The number of hydrogen-bond acceptors (Lipinski definition) is 9. The third-order valence-corrected chi connectivity index (χ3v) is 7.07. The molecule has 3 aromatic carbocycles. The van der Waals surface area contributed by atoms with Crippen LogP contribution in [-0.4, -0.2) is 54.1 Å². The van der Waals surface area contributed by atoms with Gasteiger partial charge in [-0.2, -0.15) is 5.10 Å². The molecule has 0 radical (unpaired) electrons. The summed E-state index contributed by atoms with van der Waals surface area (Å²) in [6.45, 7) is 3.63. The smallest absolute Gasteiger partial charge is 0.494 e. The molecule has 0 aliphatic rings. The molecule has 206 valence electrons. The first kappa shape index (κ1) is 29.0. The lowest BCUT2D eigenvalue weighted by Crippen LogP contribution is -2.39. The normalized spacial score (nSPS) is 11.1. The first-order valence-electron chi connectivity index (χ1n) is 11.8. The van der Waals surface area contributed by atoms with Gasteiger partial charge in [0.25, 0.3) is 15.9 Å². The Morgan fingerprint density at radius 1 is 0.974 bits per heavy atom. The number of nitrogens with zero attached hydrogens (tertiary/aromatic N) is 2. The Labute approximate surface area is 227 Å². The molecular formula is C27H29N3O8S. The lowest BCUT2D eigenvalue weighted by molar-refractivity contribution is -0.119. The average Bonchev–Trinajstić information content (AvgIpc) is 2.93. The lowest BCUT2D eigenvalue weighted by Gasteiger charge is -2.24. The van der Waals surface area contributed by atoms with Crippen molar-refractivity contribution in [3.05, 3.63) is 77.9 Å². The molecule has 0 heterocycles. The monoisotopic (exact) mass is 555 g/mol. The molecule has 39 heavy (non-hydrogen) atoms. The molecule has 1 amide bonds. The summed E-state index contributed by atoms with van der Waals surface area (Å²) < 4.78 is 48.1. The third-order valence-electron chi connectivity index (χ3n) is 5.28. The molecule has 0 aromatic heterocycles. The van der Waals surface area contributed by atoms with E-state index in [0.29, 0.717) is 23.6 Å². The molecule has 0 saturated carbocycles. The highest BCUT2D eigenvalue weighted by Gasteiger charge is 2.27. The van der Waals surface area contributed by atoms with Gasteiger partial charge in [-0.15, -0.1) is 0 Å². The number of rotatable bonds is 11. The molecule has 0 fully saturated rings. The zero-order valence-corrected chi connectivity index (χ0v) is 22.7. The van der Waals surface area contributed by atoms with Crippen molar-refractivity contribution < 1.29 is 37.0 Å². The van der Waals surface area contributed by atoms with E-state index < -0.39 is 28.6 Å². The van der Waals surface area contributed by atoms with Crippen molar-refractivity contribution in [2.75, 3.05) is 31.7 Å². The summed E-state index contributed by atoms with van der Waals surface area (Å²) in [4.78, 5) is 24.2. The minimum atomic E-state index is -4.10. The number of ether oxygens (including phenoxy) is 4. The van der Waals surface area contributed by atoms with Gasteiger partial charge in [-0.3, -0.25) is 9.10 Å². The number of nitrogens with one attached hydrogen (secondary N) is 1. The number of aryl methyl sites for hydroxylation is 1. The van der Waals surface area contributed by atoms with Crippen LogP contribution in [0.4, 0.5) is 10.5 Å². The zero-order chi connectivity index (χ0) is 28.4. The van der Waals surface area contributed by atoms with Crippen LogP contribution in [0.3, 0.4) is 0 Å². The van der Waals surface area contributed by atoms with Crippen molar-refractivity contribution in [2.24, 2.45) is 5.10 Å². The predicted molar refractivity (Wildman–Crippen MR) is 145 cm³/mol. The predicted octanol–water partition coefficient (Wildman–Crippen LogP) is 3.89. The van der Waals surface area contributed by atoms with Crippen molar-refractivity contribution >= 4 is 34.0 Å². The van der Waals surface area contributed by atoms with Crippen LogP contribution < -0.4 is 23.9 Å². The Morgan fingerprint density at radius 3 is 2.28 bits per heavy atom. The number of sulfonamides is 1. The van der Waals surface area contributed by atoms with Crippen LogP contribution in [0.5, 0.6) is 17.2 Å². The average molecular weight is 556 g/mol. The summed E-state index contributed by atoms with van der Waals surface area (Å²) in [6.07, 6.45) is 0.430. The van der Waals surface area contributed by atoms with Gasteiger partial charge in [0.15, 0.2) is 11.5 Å². The quantitative estimate of drug-likeness (QED) is 0.163. The zero-order valence-electron chi connectivity index (χ0n) is 21.9. The van der Waals surface area contributed by atoms with E-state index >= 15 is 0 Å². The van der Waals surface area contributed by atoms with Crippen LogP contribution in [0.1, 0.15) is 18.1 Å². The Balaban J connectivity index is 1.78. The van der Waals surface area contributed by atoms with Crippen molar-refractivity contribution in [3.63, 3.8) is 0 Å². The van der Waals surface area contributed by atoms with Crippen LogP contribution in [0, 0.1) is 6.92 Å². The fraction of sp³-hybridized carbons (Fsp3) is 0.222. The van der Waals surface area contributed by atoms with Crippen molar-refractivity contribution in [2.45, 2.75) is 18.7 Å². The van der Waals surface area contributed by atoms with E-state index in [1.807, 2.05) is 13.8 Å². The van der Waals surface area contributed by atoms with E-state index in [2.05, 4.69) is 15.3 Å². The number of hydrogen-bond donors (Lipinski definition) is 1. The maximum absolute atomic E-state index is 13.5.